The number of carbonyl (C=O) groups excluding carboxylic acids is 1. The molecule has 35 heavy (non-hydrogen) atoms. The summed E-state index contributed by atoms with van der Waals surface area (Å²) >= 11 is 0. The molecule has 2 heterocycles. The molecule has 4 rings (SSSR count). The third-order valence-corrected chi connectivity index (χ3v) is 5.48. The number of rotatable bonds is 8. The first-order valence-corrected chi connectivity index (χ1v) is 10.8. The SMILES string of the molecule is COc1cc(CCCO)ccc1Nc1ncc(C(F)(F)F)c(Oc2cccc3c2C(=O)N(C)C3)n1. The van der Waals surface area contributed by atoms with Gasteiger partial charge in [-0.1, -0.05) is 18.2 Å². The molecule has 0 atom stereocenters. The minimum absolute atomic E-state index is 0.0159. The second-order valence-corrected chi connectivity index (χ2v) is 7.95. The number of nitrogens with zero attached hydrogens (tertiary/aromatic N) is 3. The average Bonchev–Trinajstić information content (AvgIpc) is 3.12. The van der Waals surface area contributed by atoms with E-state index in [-0.39, 0.29) is 29.8 Å². The lowest BCUT2D eigenvalue weighted by Crippen LogP contribution is -2.18. The lowest BCUT2D eigenvalue weighted by molar-refractivity contribution is -0.139. The number of benzene rings is 2. The van der Waals surface area contributed by atoms with E-state index in [0.717, 1.165) is 5.56 Å². The Morgan fingerprint density at radius 1 is 1.20 bits per heavy atom. The van der Waals surface area contributed by atoms with Crippen molar-refractivity contribution in [2.24, 2.45) is 0 Å². The van der Waals surface area contributed by atoms with Gasteiger partial charge in [0.25, 0.3) is 5.91 Å². The maximum absolute atomic E-state index is 13.7. The number of aliphatic hydroxyl groups is 1. The maximum Gasteiger partial charge on any atom is 0.423 e. The van der Waals surface area contributed by atoms with Gasteiger partial charge in [0.05, 0.1) is 18.4 Å². The van der Waals surface area contributed by atoms with Crippen molar-refractivity contribution in [1.29, 1.82) is 0 Å². The van der Waals surface area contributed by atoms with Gasteiger partial charge in [0.2, 0.25) is 11.8 Å². The molecule has 1 aromatic heterocycles. The van der Waals surface area contributed by atoms with E-state index in [1.165, 1.54) is 18.1 Å². The van der Waals surface area contributed by atoms with Crippen molar-refractivity contribution in [3.63, 3.8) is 0 Å². The molecule has 2 aromatic carbocycles. The Kier molecular flexibility index (Phi) is 6.79. The number of fused-ring (bicyclic) bond motifs is 1. The standard InChI is InChI=1S/C24H23F3N4O4/c1-31-13-15-6-3-7-18(20(15)22(31)33)35-21-16(24(25,26)27)12-28-23(30-21)29-17-9-8-14(5-4-10-32)11-19(17)34-2/h3,6-9,11-12,32H,4-5,10,13H2,1-2H3,(H,28,29,30). The van der Waals surface area contributed by atoms with Gasteiger partial charge in [0.15, 0.2) is 0 Å². The van der Waals surface area contributed by atoms with Crippen LogP contribution >= 0.6 is 0 Å². The van der Waals surface area contributed by atoms with Crippen LogP contribution in [0.15, 0.2) is 42.6 Å². The van der Waals surface area contributed by atoms with E-state index in [4.69, 9.17) is 14.6 Å². The number of aliphatic hydroxyl groups excluding tert-OH is 1. The number of halogens is 3. The molecule has 1 amide bonds. The van der Waals surface area contributed by atoms with Gasteiger partial charge < -0.3 is 24.8 Å². The smallest absolute Gasteiger partial charge is 0.423 e. The fraction of sp³-hybridized carbons (Fsp3) is 0.292. The van der Waals surface area contributed by atoms with Crippen LogP contribution in [0.1, 0.15) is 33.5 Å². The Balaban J connectivity index is 1.68. The molecule has 0 aliphatic carbocycles. The number of hydrogen-bond acceptors (Lipinski definition) is 7. The highest BCUT2D eigenvalue weighted by Gasteiger charge is 2.37. The van der Waals surface area contributed by atoms with E-state index in [0.29, 0.717) is 42.6 Å². The highest BCUT2D eigenvalue weighted by molar-refractivity contribution is 6.00. The molecule has 2 N–H and O–H groups in total. The fourth-order valence-corrected chi connectivity index (χ4v) is 3.76. The molecule has 184 valence electrons. The third kappa shape index (κ3) is 5.14. The molecule has 8 nitrogen and oxygen atoms in total. The van der Waals surface area contributed by atoms with Crippen LogP contribution in [0.4, 0.5) is 24.8 Å². The van der Waals surface area contributed by atoms with Crippen molar-refractivity contribution in [2.45, 2.75) is 25.6 Å². The Morgan fingerprint density at radius 2 is 2.00 bits per heavy atom. The molecule has 0 unspecified atom stereocenters. The largest absolute Gasteiger partial charge is 0.495 e. The molecule has 0 fully saturated rings. The summed E-state index contributed by atoms with van der Waals surface area (Å²) in [7, 11) is 3.06. The van der Waals surface area contributed by atoms with Crippen molar-refractivity contribution in [1.82, 2.24) is 14.9 Å². The summed E-state index contributed by atoms with van der Waals surface area (Å²) in [4.78, 5) is 21.7. The van der Waals surface area contributed by atoms with Crippen LogP contribution in [-0.2, 0) is 19.1 Å². The predicted octanol–water partition coefficient (Wildman–Crippen LogP) is 4.55. The van der Waals surface area contributed by atoms with Crippen molar-refractivity contribution < 1.29 is 32.5 Å². The van der Waals surface area contributed by atoms with Crippen molar-refractivity contribution in [3.05, 3.63) is 64.8 Å². The Morgan fingerprint density at radius 3 is 2.71 bits per heavy atom. The van der Waals surface area contributed by atoms with Gasteiger partial charge in [0.1, 0.15) is 17.1 Å². The summed E-state index contributed by atoms with van der Waals surface area (Å²) in [6.45, 7) is 0.388. The van der Waals surface area contributed by atoms with E-state index >= 15 is 0 Å². The molecule has 0 spiro atoms. The summed E-state index contributed by atoms with van der Waals surface area (Å²) in [6, 6.07) is 10.0. The molecule has 0 radical (unpaired) electrons. The van der Waals surface area contributed by atoms with Crippen LogP contribution in [0.2, 0.25) is 0 Å². The Hall–Kier alpha value is -3.86. The number of anilines is 2. The quantitative estimate of drug-likeness (QED) is 0.480. The second-order valence-electron chi connectivity index (χ2n) is 7.95. The van der Waals surface area contributed by atoms with E-state index < -0.39 is 17.6 Å². The van der Waals surface area contributed by atoms with Crippen LogP contribution in [0.5, 0.6) is 17.4 Å². The molecule has 1 aliphatic heterocycles. The van der Waals surface area contributed by atoms with Gasteiger partial charge in [-0.05, 0) is 42.2 Å². The number of aromatic nitrogens is 2. The third-order valence-electron chi connectivity index (χ3n) is 5.48. The summed E-state index contributed by atoms with van der Waals surface area (Å²) in [5.41, 5.74) is 1.04. The van der Waals surface area contributed by atoms with Gasteiger partial charge >= 0.3 is 6.18 Å². The number of aryl methyl sites for hydroxylation is 1. The summed E-state index contributed by atoms with van der Waals surface area (Å²) < 4.78 is 52.0. The zero-order chi connectivity index (χ0) is 25.2. The van der Waals surface area contributed by atoms with Crippen LogP contribution in [0, 0.1) is 0 Å². The highest BCUT2D eigenvalue weighted by atomic mass is 19.4. The summed E-state index contributed by atoms with van der Waals surface area (Å²) in [6.07, 6.45) is -2.93. The molecule has 11 heteroatoms. The Labute approximate surface area is 199 Å². The maximum atomic E-state index is 13.7. The molecule has 1 aliphatic rings. The van der Waals surface area contributed by atoms with E-state index in [2.05, 4.69) is 15.3 Å². The molecular formula is C24H23F3N4O4. The minimum Gasteiger partial charge on any atom is -0.495 e. The highest BCUT2D eigenvalue weighted by Crippen LogP contribution is 2.40. The van der Waals surface area contributed by atoms with Crippen LogP contribution in [0.25, 0.3) is 0 Å². The lowest BCUT2D eigenvalue weighted by Gasteiger charge is -2.16. The van der Waals surface area contributed by atoms with Crippen LogP contribution in [0.3, 0.4) is 0 Å². The number of nitrogens with one attached hydrogen (secondary N) is 1. The van der Waals surface area contributed by atoms with Gasteiger partial charge in [-0.3, -0.25) is 4.79 Å². The first-order chi connectivity index (χ1) is 16.7. The van der Waals surface area contributed by atoms with Crippen molar-refractivity contribution in [3.8, 4) is 17.4 Å². The molecule has 0 bridgehead atoms. The first kappa shape index (κ1) is 24.3. The topological polar surface area (TPSA) is 96.8 Å². The van der Waals surface area contributed by atoms with Crippen molar-refractivity contribution in [2.75, 3.05) is 26.1 Å². The van der Waals surface area contributed by atoms with Gasteiger partial charge in [-0.2, -0.15) is 18.2 Å². The molecule has 3 aromatic rings. The second kappa shape index (κ2) is 9.79. The zero-order valence-corrected chi connectivity index (χ0v) is 19.0. The van der Waals surface area contributed by atoms with E-state index in [1.807, 2.05) is 0 Å². The summed E-state index contributed by atoms with van der Waals surface area (Å²) in [5, 5.41) is 11.9. The first-order valence-electron chi connectivity index (χ1n) is 10.8. The van der Waals surface area contributed by atoms with E-state index in [1.54, 1.807) is 37.4 Å². The predicted molar refractivity (Wildman–Crippen MR) is 121 cm³/mol. The number of alkyl halides is 3. The monoisotopic (exact) mass is 488 g/mol. The minimum atomic E-state index is -4.78. The number of methoxy groups -OCH3 is 1. The number of ether oxygens (including phenoxy) is 2. The zero-order valence-electron chi connectivity index (χ0n) is 19.0. The molecule has 0 saturated carbocycles. The van der Waals surface area contributed by atoms with E-state index in [9.17, 15) is 18.0 Å². The fourth-order valence-electron chi connectivity index (χ4n) is 3.76. The normalized spacial score (nSPS) is 13.1. The number of hydrogen-bond donors (Lipinski definition) is 2. The summed E-state index contributed by atoms with van der Waals surface area (Å²) in [5.74, 6) is -0.809. The average molecular weight is 488 g/mol. The number of amides is 1. The lowest BCUT2D eigenvalue weighted by atomic mass is 10.1. The van der Waals surface area contributed by atoms with Gasteiger partial charge in [0, 0.05) is 26.4 Å². The van der Waals surface area contributed by atoms with Crippen LogP contribution < -0.4 is 14.8 Å². The van der Waals surface area contributed by atoms with Gasteiger partial charge in [-0.25, -0.2) is 4.98 Å². The number of carbonyl (C=O) groups is 1. The van der Waals surface area contributed by atoms with Crippen LogP contribution in [-0.4, -0.2) is 46.6 Å². The van der Waals surface area contributed by atoms with Crippen molar-refractivity contribution >= 4 is 17.5 Å². The molecule has 0 saturated heterocycles. The molecular weight excluding hydrogens is 465 g/mol. The Bertz CT molecular complexity index is 1250. The van der Waals surface area contributed by atoms with Gasteiger partial charge in [-0.15, -0.1) is 0 Å².